The van der Waals surface area contributed by atoms with Gasteiger partial charge in [-0.15, -0.1) is 0 Å². The molecule has 3 nitrogen and oxygen atoms in total. The zero-order valence-electron chi connectivity index (χ0n) is 8.79. The average molecular weight is 202 g/mol. The molecule has 0 radical (unpaired) electrons. The third-order valence-corrected chi connectivity index (χ3v) is 2.89. The average Bonchev–Trinajstić information content (AvgIpc) is 2.24. The summed E-state index contributed by atoms with van der Waals surface area (Å²) in [7, 11) is 1.64. The van der Waals surface area contributed by atoms with Crippen molar-refractivity contribution < 1.29 is 4.74 Å². The highest BCUT2D eigenvalue weighted by Gasteiger charge is 2.36. The van der Waals surface area contributed by atoms with Gasteiger partial charge < -0.3 is 10.1 Å². The summed E-state index contributed by atoms with van der Waals surface area (Å²) >= 11 is 0. The topological polar surface area (TPSA) is 45.0 Å². The zero-order valence-corrected chi connectivity index (χ0v) is 8.79. The van der Waals surface area contributed by atoms with Crippen molar-refractivity contribution in [3.63, 3.8) is 0 Å². The Kier molecular flexibility index (Phi) is 2.51. The second-order valence-corrected chi connectivity index (χ2v) is 3.90. The Balaban J connectivity index is 2.08. The Morgan fingerprint density at radius 1 is 1.33 bits per heavy atom. The van der Waals surface area contributed by atoms with E-state index >= 15 is 0 Å². The number of methoxy groups -OCH3 is 1. The molecule has 0 amide bonds. The molecule has 0 heterocycles. The number of rotatable bonds is 3. The van der Waals surface area contributed by atoms with Crippen LogP contribution < -0.4 is 10.1 Å². The van der Waals surface area contributed by atoms with Gasteiger partial charge in [-0.2, -0.15) is 5.26 Å². The van der Waals surface area contributed by atoms with E-state index in [4.69, 9.17) is 10.00 Å². The normalized spacial score (nSPS) is 17.3. The first-order valence-corrected chi connectivity index (χ1v) is 5.11. The fraction of sp³-hybridized carbons (Fsp3) is 0.417. The first kappa shape index (κ1) is 9.85. The zero-order chi connectivity index (χ0) is 10.7. The van der Waals surface area contributed by atoms with Crippen LogP contribution in [0.1, 0.15) is 19.3 Å². The summed E-state index contributed by atoms with van der Waals surface area (Å²) in [5, 5.41) is 12.3. The van der Waals surface area contributed by atoms with Crippen LogP contribution >= 0.6 is 0 Å². The van der Waals surface area contributed by atoms with Crippen LogP contribution in [0.5, 0.6) is 5.75 Å². The van der Waals surface area contributed by atoms with Crippen molar-refractivity contribution in [1.82, 2.24) is 0 Å². The van der Waals surface area contributed by atoms with Crippen molar-refractivity contribution in [2.24, 2.45) is 0 Å². The fourth-order valence-electron chi connectivity index (χ4n) is 1.75. The van der Waals surface area contributed by atoms with E-state index in [-0.39, 0.29) is 5.54 Å². The quantitative estimate of drug-likeness (QED) is 0.819. The van der Waals surface area contributed by atoms with Gasteiger partial charge in [-0.3, -0.25) is 0 Å². The summed E-state index contributed by atoms with van der Waals surface area (Å²) in [5.41, 5.74) is 0.659. The fourth-order valence-corrected chi connectivity index (χ4v) is 1.75. The Bertz CT molecular complexity index is 374. The van der Waals surface area contributed by atoms with Crippen molar-refractivity contribution in [3.05, 3.63) is 24.3 Å². The van der Waals surface area contributed by atoms with Crippen LogP contribution in [0.4, 0.5) is 5.69 Å². The smallest absolute Gasteiger partial charge is 0.125 e. The lowest BCUT2D eigenvalue weighted by Gasteiger charge is -2.36. The van der Waals surface area contributed by atoms with Crippen LogP contribution in [0.3, 0.4) is 0 Å². The molecule has 1 fully saturated rings. The second kappa shape index (κ2) is 3.82. The molecule has 1 N–H and O–H groups in total. The lowest BCUT2D eigenvalue weighted by atomic mass is 9.78. The van der Waals surface area contributed by atoms with Crippen molar-refractivity contribution >= 4 is 5.69 Å². The lowest BCUT2D eigenvalue weighted by molar-refractivity contribution is 0.356. The van der Waals surface area contributed by atoms with E-state index in [1.165, 1.54) is 0 Å². The van der Waals surface area contributed by atoms with Gasteiger partial charge in [0.1, 0.15) is 11.3 Å². The van der Waals surface area contributed by atoms with Crippen molar-refractivity contribution in [2.75, 3.05) is 12.4 Å². The molecule has 78 valence electrons. The van der Waals surface area contributed by atoms with Gasteiger partial charge in [0.15, 0.2) is 0 Å². The van der Waals surface area contributed by atoms with E-state index in [9.17, 15) is 0 Å². The van der Waals surface area contributed by atoms with Crippen LogP contribution in [-0.2, 0) is 0 Å². The monoisotopic (exact) mass is 202 g/mol. The molecule has 0 atom stereocenters. The molecule has 0 saturated heterocycles. The predicted octanol–water partition coefficient (Wildman–Crippen LogP) is 2.55. The summed E-state index contributed by atoms with van der Waals surface area (Å²) in [6, 6.07) is 10.0. The molecule has 0 bridgehead atoms. The molecule has 1 aliphatic carbocycles. The molecule has 2 rings (SSSR count). The van der Waals surface area contributed by atoms with Gasteiger partial charge in [-0.05, 0) is 43.5 Å². The highest BCUT2D eigenvalue weighted by atomic mass is 16.5. The van der Waals surface area contributed by atoms with E-state index < -0.39 is 0 Å². The van der Waals surface area contributed by atoms with Crippen molar-refractivity contribution in [1.29, 1.82) is 5.26 Å². The molecular weight excluding hydrogens is 188 g/mol. The van der Waals surface area contributed by atoms with Gasteiger partial charge in [0.05, 0.1) is 13.2 Å². The highest BCUT2D eigenvalue weighted by molar-refractivity contribution is 5.50. The van der Waals surface area contributed by atoms with Crippen LogP contribution in [0.25, 0.3) is 0 Å². The molecule has 1 aliphatic rings. The van der Waals surface area contributed by atoms with Gasteiger partial charge in [0, 0.05) is 5.69 Å². The van der Waals surface area contributed by atoms with E-state index in [0.717, 1.165) is 30.7 Å². The summed E-state index contributed by atoms with van der Waals surface area (Å²) in [4.78, 5) is 0. The lowest BCUT2D eigenvalue weighted by Crippen LogP contribution is -2.43. The Morgan fingerprint density at radius 2 is 2.00 bits per heavy atom. The van der Waals surface area contributed by atoms with Gasteiger partial charge in [-0.25, -0.2) is 0 Å². The molecule has 0 unspecified atom stereocenters. The number of anilines is 1. The molecule has 0 aliphatic heterocycles. The van der Waals surface area contributed by atoms with Gasteiger partial charge in [0.2, 0.25) is 0 Å². The third-order valence-electron chi connectivity index (χ3n) is 2.89. The minimum Gasteiger partial charge on any atom is -0.497 e. The Labute approximate surface area is 89.7 Å². The molecule has 1 saturated carbocycles. The third kappa shape index (κ3) is 1.89. The maximum absolute atomic E-state index is 9.06. The number of hydrogen-bond acceptors (Lipinski definition) is 3. The molecule has 15 heavy (non-hydrogen) atoms. The highest BCUT2D eigenvalue weighted by Crippen LogP contribution is 2.34. The molecule has 0 spiro atoms. The van der Waals surface area contributed by atoms with Gasteiger partial charge >= 0.3 is 0 Å². The van der Waals surface area contributed by atoms with Crippen molar-refractivity contribution in [2.45, 2.75) is 24.8 Å². The predicted molar refractivity (Wildman–Crippen MR) is 58.8 cm³/mol. The van der Waals surface area contributed by atoms with Crippen LogP contribution in [0, 0.1) is 11.3 Å². The maximum atomic E-state index is 9.06. The largest absolute Gasteiger partial charge is 0.497 e. The second-order valence-electron chi connectivity index (χ2n) is 3.90. The first-order valence-electron chi connectivity index (χ1n) is 5.11. The maximum Gasteiger partial charge on any atom is 0.125 e. The molecule has 1 aromatic carbocycles. The van der Waals surface area contributed by atoms with E-state index in [2.05, 4.69) is 11.4 Å². The van der Waals surface area contributed by atoms with Gasteiger partial charge in [0.25, 0.3) is 0 Å². The number of nitriles is 1. The minimum atomic E-state index is -0.325. The summed E-state index contributed by atoms with van der Waals surface area (Å²) in [6.45, 7) is 0. The number of nitrogens with zero attached hydrogens (tertiary/aromatic N) is 1. The van der Waals surface area contributed by atoms with E-state index in [1.54, 1.807) is 7.11 Å². The molecule has 1 aromatic rings. The Hall–Kier alpha value is -1.69. The molecule has 3 heteroatoms. The minimum absolute atomic E-state index is 0.325. The summed E-state index contributed by atoms with van der Waals surface area (Å²) in [5.74, 6) is 0.833. The van der Waals surface area contributed by atoms with Crippen LogP contribution in [-0.4, -0.2) is 12.6 Å². The van der Waals surface area contributed by atoms with E-state index in [1.807, 2.05) is 24.3 Å². The van der Waals surface area contributed by atoms with Crippen LogP contribution in [0.2, 0.25) is 0 Å². The van der Waals surface area contributed by atoms with Gasteiger partial charge in [-0.1, -0.05) is 0 Å². The number of ether oxygens (including phenoxy) is 1. The SMILES string of the molecule is COc1ccc(NC2(C#N)CCC2)cc1. The Morgan fingerprint density at radius 3 is 2.40 bits per heavy atom. The van der Waals surface area contributed by atoms with E-state index in [0.29, 0.717) is 0 Å². The van der Waals surface area contributed by atoms with Crippen LogP contribution in [0.15, 0.2) is 24.3 Å². The first-order chi connectivity index (χ1) is 7.28. The number of nitrogens with one attached hydrogen (secondary N) is 1. The molecule has 0 aromatic heterocycles. The molecular formula is C12H14N2O. The summed E-state index contributed by atoms with van der Waals surface area (Å²) < 4.78 is 5.07. The summed E-state index contributed by atoms with van der Waals surface area (Å²) in [6.07, 6.45) is 3.02. The standard InChI is InChI=1S/C12H14N2O/c1-15-11-5-3-10(4-6-11)14-12(9-13)7-2-8-12/h3-6,14H,2,7-8H2,1H3. The number of hydrogen-bond donors (Lipinski definition) is 1. The van der Waals surface area contributed by atoms with Crippen molar-refractivity contribution in [3.8, 4) is 11.8 Å². The number of benzene rings is 1.